The zero-order chi connectivity index (χ0) is 23.3. The highest BCUT2D eigenvalue weighted by Crippen LogP contribution is 2.37. The van der Waals surface area contributed by atoms with Crippen molar-refractivity contribution in [2.45, 2.75) is 18.3 Å². The Labute approximate surface area is 206 Å². The van der Waals surface area contributed by atoms with E-state index in [2.05, 4.69) is 31.4 Å². The van der Waals surface area contributed by atoms with Crippen LogP contribution in [-0.2, 0) is 16.2 Å². The molecule has 0 saturated carbocycles. The molecule has 2 aromatic carbocycles. The first-order valence-corrected chi connectivity index (χ1v) is 11.4. The maximum absolute atomic E-state index is 11.7. The molecule has 32 heavy (non-hydrogen) atoms. The fourth-order valence-electron chi connectivity index (χ4n) is 2.64. The van der Waals surface area contributed by atoms with Crippen LogP contribution in [0.5, 0.6) is 11.5 Å². The number of methoxy groups -OCH3 is 1. The molecule has 1 aliphatic heterocycles. The Morgan fingerprint density at radius 2 is 2.12 bits per heavy atom. The molecule has 1 saturated heterocycles. The van der Waals surface area contributed by atoms with Gasteiger partial charge in [0.15, 0.2) is 16.7 Å². The van der Waals surface area contributed by atoms with E-state index in [-0.39, 0.29) is 18.2 Å². The van der Waals surface area contributed by atoms with Gasteiger partial charge in [-0.3, -0.25) is 9.59 Å². The molecular weight excluding hydrogens is 545 g/mol. The highest BCUT2D eigenvalue weighted by molar-refractivity contribution is 9.10. The van der Waals surface area contributed by atoms with Gasteiger partial charge in [-0.1, -0.05) is 41.0 Å². The van der Waals surface area contributed by atoms with E-state index >= 15 is 0 Å². The zero-order valence-corrected chi connectivity index (χ0v) is 20.4. The summed E-state index contributed by atoms with van der Waals surface area (Å²) in [4.78, 5) is 22.5. The molecular formula is C20H16BrCl2N3O5S. The Bertz CT molecular complexity index is 1110. The molecule has 8 nitrogen and oxygen atoms in total. The minimum absolute atomic E-state index is 0.209. The number of hydrogen-bond donors (Lipinski definition) is 2. The minimum Gasteiger partial charge on any atom is -0.493 e. The monoisotopic (exact) mass is 559 g/mol. The number of thioether (sulfide) groups is 1. The second-order valence-electron chi connectivity index (χ2n) is 6.40. The Kier molecular flexibility index (Phi) is 8.41. The van der Waals surface area contributed by atoms with Gasteiger partial charge < -0.3 is 19.9 Å². The summed E-state index contributed by atoms with van der Waals surface area (Å²) in [5.74, 6) is -0.515. The van der Waals surface area contributed by atoms with Crippen molar-refractivity contribution >= 4 is 74.2 Å². The smallest absolute Gasteiger partial charge is 0.305 e. The second kappa shape index (κ2) is 11.0. The number of carbonyl (C=O) groups is 2. The van der Waals surface area contributed by atoms with Gasteiger partial charge in [-0.05, 0) is 45.8 Å². The van der Waals surface area contributed by atoms with Crippen LogP contribution in [0.2, 0.25) is 10.0 Å². The van der Waals surface area contributed by atoms with Crippen molar-refractivity contribution in [2.75, 3.05) is 7.11 Å². The van der Waals surface area contributed by atoms with Gasteiger partial charge >= 0.3 is 5.97 Å². The van der Waals surface area contributed by atoms with E-state index in [1.807, 2.05) is 0 Å². The number of benzene rings is 2. The molecule has 1 amide bonds. The molecule has 2 N–H and O–H groups in total. The summed E-state index contributed by atoms with van der Waals surface area (Å²) in [6.45, 7) is 0.209. The number of carbonyl (C=O) groups excluding carboxylic acids is 1. The number of carboxylic acid groups (broad SMARTS) is 1. The number of amides is 1. The van der Waals surface area contributed by atoms with Gasteiger partial charge in [0.25, 0.3) is 0 Å². The van der Waals surface area contributed by atoms with Crippen molar-refractivity contribution in [3.63, 3.8) is 0 Å². The molecule has 1 unspecified atom stereocenters. The van der Waals surface area contributed by atoms with E-state index in [0.29, 0.717) is 31.6 Å². The quantitative estimate of drug-likeness (QED) is 0.356. The fourth-order valence-corrected chi connectivity index (χ4v) is 4.59. The van der Waals surface area contributed by atoms with Crippen LogP contribution in [0.15, 0.2) is 45.0 Å². The number of aliphatic carboxylic acids is 1. The predicted octanol–water partition coefficient (Wildman–Crippen LogP) is 4.74. The summed E-state index contributed by atoms with van der Waals surface area (Å²) in [6, 6.07) is 8.63. The van der Waals surface area contributed by atoms with Gasteiger partial charge in [-0.15, -0.1) is 5.10 Å². The highest BCUT2D eigenvalue weighted by Gasteiger charge is 2.32. The molecule has 12 heteroatoms. The van der Waals surface area contributed by atoms with Crippen LogP contribution in [0.1, 0.15) is 17.5 Å². The standard InChI is InChI=1S/C20H16BrCl2N3O5S/c1-30-15-5-10(8-24-26-20-25-19(29)16(32-20)7-17(27)28)4-13(21)18(15)31-9-11-2-3-12(22)6-14(11)23/h2-6,8,16H,7,9H2,1H3,(H,27,28)(H,25,26,29). The lowest BCUT2D eigenvalue weighted by Crippen LogP contribution is -2.26. The largest absolute Gasteiger partial charge is 0.493 e. The van der Waals surface area contributed by atoms with Gasteiger partial charge in [-0.25, -0.2) is 0 Å². The summed E-state index contributed by atoms with van der Waals surface area (Å²) >= 11 is 16.6. The number of carboxylic acids is 1. The molecule has 1 fully saturated rings. The Hall–Kier alpha value is -2.27. The van der Waals surface area contributed by atoms with E-state index in [0.717, 1.165) is 17.3 Å². The van der Waals surface area contributed by atoms with Crippen molar-refractivity contribution in [1.29, 1.82) is 0 Å². The van der Waals surface area contributed by atoms with E-state index in [4.69, 9.17) is 37.8 Å². The van der Waals surface area contributed by atoms with Crippen LogP contribution in [0.3, 0.4) is 0 Å². The molecule has 2 aromatic rings. The number of hydrogen-bond acceptors (Lipinski definition) is 7. The third-order valence-electron chi connectivity index (χ3n) is 4.13. The maximum atomic E-state index is 11.7. The zero-order valence-electron chi connectivity index (χ0n) is 16.5. The number of nitrogens with zero attached hydrogens (tertiary/aromatic N) is 2. The number of ether oxygens (including phenoxy) is 2. The summed E-state index contributed by atoms with van der Waals surface area (Å²) in [6.07, 6.45) is 1.18. The first kappa shape index (κ1) is 24.4. The van der Waals surface area contributed by atoms with Gasteiger partial charge in [0.1, 0.15) is 11.9 Å². The molecule has 1 aliphatic rings. The van der Waals surface area contributed by atoms with Gasteiger partial charge in [0, 0.05) is 15.6 Å². The minimum atomic E-state index is -1.06. The molecule has 3 rings (SSSR count). The molecule has 0 spiro atoms. The van der Waals surface area contributed by atoms with Crippen LogP contribution >= 0.6 is 50.9 Å². The molecule has 0 aromatic heterocycles. The topological polar surface area (TPSA) is 110 Å². The SMILES string of the molecule is COc1cc(C=NN=C2NC(=O)C(CC(=O)O)S2)cc(Br)c1OCc1ccc(Cl)cc1Cl. The molecule has 0 aliphatic carbocycles. The molecule has 168 valence electrons. The lowest BCUT2D eigenvalue weighted by atomic mass is 10.2. The average Bonchev–Trinajstić information content (AvgIpc) is 3.06. The molecule has 0 bridgehead atoms. The van der Waals surface area contributed by atoms with Gasteiger partial charge in [-0.2, -0.15) is 5.10 Å². The van der Waals surface area contributed by atoms with Gasteiger partial charge in [0.05, 0.1) is 24.2 Å². The fraction of sp³-hybridized carbons (Fsp3) is 0.200. The van der Waals surface area contributed by atoms with Crippen LogP contribution in [-0.4, -0.2) is 40.7 Å². The number of rotatable bonds is 8. The second-order valence-corrected chi connectivity index (χ2v) is 9.29. The first-order chi connectivity index (χ1) is 15.3. The number of amidine groups is 1. The van der Waals surface area contributed by atoms with Crippen LogP contribution in [0, 0.1) is 0 Å². The average molecular weight is 561 g/mol. The van der Waals surface area contributed by atoms with Crippen LogP contribution in [0.4, 0.5) is 0 Å². The van der Waals surface area contributed by atoms with Crippen molar-refractivity contribution in [3.8, 4) is 11.5 Å². The summed E-state index contributed by atoms with van der Waals surface area (Å²) in [7, 11) is 1.51. The van der Waals surface area contributed by atoms with Crippen molar-refractivity contribution in [2.24, 2.45) is 10.2 Å². The lowest BCUT2D eigenvalue weighted by molar-refractivity contribution is -0.138. The Morgan fingerprint density at radius 1 is 1.34 bits per heavy atom. The van der Waals surface area contributed by atoms with Crippen LogP contribution in [0.25, 0.3) is 0 Å². The normalized spacial score (nSPS) is 17.1. The summed E-state index contributed by atoms with van der Waals surface area (Å²) < 4.78 is 11.9. The molecule has 1 atom stereocenters. The van der Waals surface area contributed by atoms with E-state index in [9.17, 15) is 9.59 Å². The van der Waals surface area contributed by atoms with Crippen LogP contribution < -0.4 is 14.8 Å². The Balaban J connectivity index is 1.70. The first-order valence-electron chi connectivity index (χ1n) is 9.01. The van der Waals surface area contributed by atoms with E-state index in [1.165, 1.54) is 13.3 Å². The van der Waals surface area contributed by atoms with E-state index < -0.39 is 17.1 Å². The molecule has 1 heterocycles. The third kappa shape index (κ3) is 6.38. The van der Waals surface area contributed by atoms with Gasteiger partial charge in [0.2, 0.25) is 5.91 Å². The molecule has 0 radical (unpaired) electrons. The lowest BCUT2D eigenvalue weighted by Gasteiger charge is -2.14. The highest BCUT2D eigenvalue weighted by atomic mass is 79.9. The predicted molar refractivity (Wildman–Crippen MR) is 128 cm³/mol. The van der Waals surface area contributed by atoms with Crippen molar-refractivity contribution in [1.82, 2.24) is 5.32 Å². The maximum Gasteiger partial charge on any atom is 0.305 e. The number of nitrogens with one attached hydrogen (secondary N) is 1. The van der Waals surface area contributed by atoms with E-state index in [1.54, 1.807) is 30.3 Å². The summed E-state index contributed by atoms with van der Waals surface area (Å²) in [5, 5.41) is 19.8. The van der Waals surface area contributed by atoms with Crippen molar-refractivity contribution < 1.29 is 24.2 Å². The summed E-state index contributed by atoms with van der Waals surface area (Å²) in [5.41, 5.74) is 1.43. The Morgan fingerprint density at radius 3 is 2.81 bits per heavy atom. The van der Waals surface area contributed by atoms with Crippen molar-refractivity contribution in [3.05, 3.63) is 56.0 Å². The number of halogens is 3. The third-order valence-corrected chi connectivity index (χ3v) is 6.38.